The van der Waals surface area contributed by atoms with Crippen molar-refractivity contribution in [1.82, 2.24) is 4.90 Å². The molecule has 13 heavy (non-hydrogen) atoms. The summed E-state index contributed by atoms with van der Waals surface area (Å²) >= 11 is 5.43. The highest BCUT2D eigenvalue weighted by Gasteiger charge is 2.04. The number of halogens is 1. The van der Waals surface area contributed by atoms with Gasteiger partial charge in [0.15, 0.2) is 0 Å². The molecule has 0 aromatic rings. The molecule has 0 saturated heterocycles. The Morgan fingerprint density at radius 2 is 2.15 bits per heavy atom. The van der Waals surface area contributed by atoms with E-state index in [9.17, 15) is 4.79 Å². The first kappa shape index (κ1) is 12.5. The lowest BCUT2D eigenvalue weighted by Gasteiger charge is -2.09. The van der Waals surface area contributed by atoms with Gasteiger partial charge in [-0.05, 0) is 21.0 Å². The first-order chi connectivity index (χ1) is 6.07. The van der Waals surface area contributed by atoms with Gasteiger partial charge in [0.1, 0.15) is 6.61 Å². The van der Waals surface area contributed by atoms with Gasteiger partial charge in [-0.3, -0.25) is 0 Å². The van der Waals surface area contributed by atoms with Gasteiger partial charge in [-0.25, -0.2) is 4.79 Å². The molecule has 0 unspecified atom stereocenters. The van der Waals surface area contributed by atoms with Crippen molar-refractivity contribution in [1.29, 1.82) is 0 Å². The Morgan fingerprint density at radius 3 is 2.62 bits per heavy atom. The van der Waals surface area contributed by atoms with E-state index in [1.807, 2.05) is 19.0 Å². The zero-order chi connectivity index (χ0) is 10.3. The monoisotopic (exact) mass is 205 g/mol. The number of nitrogens with zero attached hydrogens (tertiary/aromatic N) is 1. The van der Waals surface area contributed by atoms with Crippen LogP contribution in [0.1, 0.15) is 6.92 Å². The lowest BCUT2D eigenvalue weighted by molar-refractivity contribution is -0.139. The molecule has 0 heterocycles. The Morgan fingerprint density at radius 1 is 1.54 bits per heavy atom. The number of hydrogen-bond acceptors (Lipinski definition) is 3. The Labute approximate surface area is 84.3 Å². The molecule has 0 aromatic carbocycles. The van der Waals surface area contributed by atoms with Gasteiger partial charge in [-0.2, -0.15) is 0 Å². The molecule has 0 fully saturated rings. The van der Waals surface area contributed by atoms with E-state index < -0.39 is 0 Å². The molecule has 0 amide bonds. The molecule has 0 aliphatic heterocycles. The lowest BCUT2D eigenvalue weighted by Crippen LogP contribution is -2.20. The van der Waals surface area contributed by atoms with Crippen molar-refractivity contribution in [3.63, 3.8) is 0 Å². The molecule has 3 nitrogen and oxygen atoms in total. The zero-order valence-electron chi connectivity index (χ0n) is 8.34. The standard InChI is InChI=1S/C9H16ClNO2/c1-8(4-5-10)9(12)13-7-6-11(2)3/h4H,5-7H2,1-3H3. The van der Waals surface area contributed by atoms with Crippen LogP contribution < -0.4 is 0 Å². The van der Waals surface area contributed by atoms with Gasteiger partial charge in [-0.1, -0.05) is 6.08 Å². The van der Waals surface area contributed by atoms with Crippen LogP contribution in [-0.4, -0.2) is 44.0 Å². The number of likely N-dealkylation sites (N-methyl/N-ethyl adjacent to an activating group) is 1. The highest BCUT2D eigenvalue weighted by Crippen LogP contribution is 1.97. The van der Waals surface area contributed by atoms with Gasteiger partial charge in [0.25, 0.3) is 0 Å². The lowest BCUT2D eigenvalue weighted by atomic mass is 10.3. The van der Waals surface area contributed by atoms with Crippen molar-refractivity contribution >= 4 is 17.6 Å². The van der Waals surface area contributed by atoms with E-state index >= 15 is 0 Å². The fraction of sp³-hybridized carbons (Fsp3) is 0.667. The molecule has 0 N–H and O–H groups in total. The van der Waals surface area contributed by atoms with Gasteiger partial charge in [0.05, 0.1) is 0 Å². The van der Waals surface area contributed by atoms with Crippen molar-refractivity contribution in [2.24, 2.45) is 0 Å². The van der Waals surface area contributed by atoms with Crippen molar-refractivity contribution in [2.75, 3.05) is 33.1 Å². The normalized spacial score (nSPS) is 11.9. The van der Waals surface area contributed by atoms with Crippen LogP contribution >= 0.6 is 11.6 Å². The molecular formula is C9H16ClNO2. The van der Waals surface area contributed by atoms with Crippen LogP contribution in [0.4, 0.5) is 0 Å². The molecule has 0 aliphatic carbocycles. The molecule has 0 radical (unpaired) electrons. The summed E-state index contributed by atoms with van der Waals surface area (Å²) < 4.78 is 4.96. The fourth-order valence-corrected chi connectivity index (χ4v) is 0.865. The molecular weight excluding hydrogens is 190 g/mol. The summed E-state index contributed by atoms with van der Waals surface area (Å²) in [4.78, 5) is 13.1. The van der Waals surface area contributed by atoms with E-state index in [1.54, 1.807) is 13.0 Å². The quantitative estimate of drug-likeness (QED) is 0.385. The summed E-state index contributed by atoms with van der Waals surface area (Å²) in [5, 5.41) is 0. The zero-order valence-corrected chi connectivity index (χ0v) is 9.10. The van der Waals surface area contributed by atoms with Gasteiger partial charge >= 0.3 is 5.97 Å². The smallest absolute Gasteiger partial charge is 0.333 e. The maximum Gasteiger partial charge on any atom is 0.333 e. The molecule has 0 atom stereocenters. The summed E-state index contributed by atoms with van der Waals surface area (Å²) in [6.07, 6.45) is 1.64. The van der Waals surface area contributed by atoms with Gasteiger partial charge in [-0.15, -0.1) is 11.6 Å². The second-order valence-corrected chi connectivity index (χ2v) is 3.29. The van der Waals surface area contributed by atoms with E-state index in [0.717, 1.165) is 6.54 Å². The number of ether oxygens (including phenoxy) is 1. The molecule has 0 aromatic heterocycles. The van der Waals surface area contributed by atoms with Crippen molar-refractivity contribution in [2.45, 2.75) is 6.92 Å². The minimum atomic E-state index is -0.289. The third-order valence-electron chi connectivity index (χ3n) is 1.48. The van der Waals surface area contributed by atoms with Gasteiger partial charge in [0.2, 0.25) is 0 Å². The number of esters is 1. The molecule has 0 aliphatic rings. The van der Waals surface area contributed by atoms with Crippen LogP contribution in [0.2, 0.25) is 0 Å². The molecule has 0 saturated carbocycles. The Bertz CT molecular complexity index is 190. The molecule has 0 rings (SSSR count). The van der Waals surface area contributed by atoms with Crippen LogP contribution in [0.15, 0.2) is 11.6 Å². The largest absolute Gasteiger partial charge is 0.461 e. The third-order valence-corrected chi connectivity index (χ3v) is 1.63. The summed E-state index contributed by atoms with van der Waals surface area (Å²) in [7, 11) is 3.85. The second kappa shape index (κ2) is 6.92. The van der Waals surface area contributed by atoms with Crippen molar-refractivity contribution in [3.05, 3.63) is 11.6 Å². The summed E-state index contributed by atoms with van der Waals surface area (Å²) in [6.45, 7) is 2.85. The van der Waals surface area contributed by atoms with Crippen LogP contribution in [-0.2, 0) is 9.53 Å². The fourth-order valence-electron chi connectivity index (χ4n) is 0.634. The second-order valence-electron chi connectivity index (χ2n) is 2.98. The third kappa shape index (κ3) is 6.61. The van der Waals surface area contributed by atoms with E-state index in [0.29, 0.717) is 18.1 Å². The van der Waals surface area contributed by atoms with Crippen molar-refractivity contribution < 1.29 is 9.53 Å². The van der Waals surface area contributed by atoms with Crippen molar-refractivity contribution in [3.8, 4) is 0 Å². The van der Waals surface area contributed by atoms with Gasteiger partial charge < -0.3 is 9.64 Å². The Hall–Kier alpha value is -0.540. The Balaban J connectivity index is 3.69. The number of alkyl halides is 1. The number of carbonyl (C=O) groups is 1. The number of allylic oxidation sites excluding steroid dienone is 1. The first-order valence-electron chi connectivity index (χ1n) is 4.12. The van der Waals surface area contributed by atoms with Gasteiger partial charge in [0, 0.05) is 18.0 Å². The molecule has 4 heteroatoms. The molecule has 76 valence electrons. The molecule has 0 bridgehead atoms. The predicted octanol–water partition coefficient (Wildman–Crippen LogP) is 1.28. The molecule has 0 spiro atoms. The maximum atomic E-state index is 11.1. The van der Waals surface area contributed by atoms with Crippen LogP contribution in [0.25, 0.3) is 0 Å². The van der Waals surface area contributed by atoms with E-state index in [2.05, 4.69) is 0 Å². The minimum Gasteiger partial charge on any atom is -0.461 e. The number of hydrogen-bond donors (Lipinski definition) is 0. The van der Waals surface area contributed by atoms with E-state index in [-0.39, 0.29) is 5.97 Å². The number of carbonyl (C=O) groups excluding carboxylic acids is 1. The highest BCUT2D eigenvalue weighted by molar-refractivity contribution is 6.19. The SMILES string of the molecule is CC(=CCCl)C(=O)OCCN(C)C. The Kier molecular flexibility index (Phi) is 6.63. The topological polar surface area (TPSA) is 29.5 Å². The van der Waals surface area contributed by atoms with E-state index in [4.69, 9.17) is 16.3 Å². The van der Waals surface area contributed by atoms with E-state index in [1.165, 1.54) is 0 Å². The predicted molar refractivity (Wildman–Crippen MR) is 54.0 cm³/mol. The first-order valence-corrected chi connectivity index (χ1v) is 4.66. The summed E-state index contributed by atoms with van der Waals surface area (Å²) in [5.74, 6) is 0.0525. The highest BCUT2D eigenvalue weighted by atomic mass is 35.5. The summed E-state index contributed by atoms with van der Waals surface area (Å²) in [5.41, 5.74) is 0.564. The number of rotatable bonds is 5. The summed E-state index contributed by atoms with van der Waals surface area (Å²) in [6, 6.07) is 0. The minimum absolute atomic E-state index is 0.289. The van der Waals surface area contributed by atoms with Crippen LogP contribution in [0, 0.1) is 0 Å². The van der Waals surface area contributed by atoms with Crippen LogP contribution in [0.5, 0.6) is 0 Å². The maximum absolute atomic E-state index is 11.1. The average Bonchev–Trinajstić information content (AvgIpc) is 2.04. The van der Waals surface area contributed by atoms with Crippen LogP contribution in [0.3, 0.4) is 0 Å². The average molecular weight is 206 g/mol.